The van der Waals surface area contributed by atoms with Gasteiger partial charge in [0.15, 0.2) is 5.13 Å². The number of thiazole rings is 1. The molecule has 0 saturated heterocycles. The topological polar surface area (TPSA) is 132 Å². The first-order valence-electron chi connectivity index (χ1n) is 12.9. The Balaban J connectivity index is 1.15. The minimum Gasteiger partial charge on any atom is -0.494 e. The number of nitrogen functional groups attached to an aromatic ring is 1. The first kappa shape index (κ1) is 29.2. The SMILES string of the molecule is CC(C)(C)c1cnc(CSc2cnc(NC(=O)Cc3ccc(OCCCC(=O)Nc4ccccc4N)cc3)s2)o1. The van der Waals surface area contributed by atoms with E-state index in [1.807, 2.05) is 36.4 Å². The standard InChI is InChI=1S/C29H33N5O4S2/c1-29(2,3)23-16-31-26(38-23)18-39-27-17-32-28(40-27)34-25(36)15-19-10-12-20(13-11-19)37-14-6-9-24(35)33-22-8-5-4-7-21(22)30/h4-5,7-8,10-13,16-17H,6,9,14-15,18,30H2,1-3H3,(H,33,35)(H,32,34,36). The lowest BCUT2D eigenvalue weighted by atomic mass is 9.94. The summed E-state index contributed by atoms with van der Waals surface area (Å²) in [5.74, 6) is 2.54. The van der Waals surface area contributed by atoms with Gasteiger partial charge in [0.25, 0.3) is 0 Å². The molecule has 0 unspecified atom stereocenters. The monoisotopic (exact) mass is 579 g/mol. The number of thioether (sulfide) groups is 1. The molecule has 210 valence electrons. The average Bonchev–Trinajstić information content (AvgIpc) is 3.57. The molecule has 0 radical (unpaired) electrons. The second-order valence-electron chi connectivity index (χ2n) is 10.1. The molecule has 0 aliphatic carbocycles. The number of ether oxygens (including phenoxy) is 1. The van der Waals surface area contributed by atoms with Crippen molar-refractivity contribution in [3.05, 3.63) is 78.1 Å². The Morgan fingerprint density at radius 3 is 2.52 bits per heavy atom. The van der Waals surface area contributed by atoms with Gasteiger partial charge in [-0.3, -0.25) is 9.59 Å². The lowest BCUT2D eigenvalue weighted by molar-refractivity contribution is -0.116. The van der Waals surface area contributed by atoms with E-state index in [1.165, 1.54) is 11.3 Å². The zero-order chi connectivity index (χ0) is 28.5. The van der Waals surface area contributed by atoms with Crippen molar-refractivity contribution >= 4 is 51.4 Å². The molecule has 2 amide bonds. The summed E-state index contributed by atoms with van der Waals surface area (Å²) in [6.45, 7) is 6.65. The minimum absolute atomic E-state index is 0.0797. The van der Waals surface area contributed by atoms with Gasteiger partial charge in [0.05, 0.1) is 46.8 Å². The smallest absolute Gasteiger partial charge is 0.230 e. The third-order valence-electron chi connectivity index (χ3n) is 5.70. The number of oxazole rings is 1. The van der Waals surface area contributed by atoms with E-state index in [-0.39, 0.29) is 23.7 Å². The van der Waals surface area contributed by atoms with E-state index in [0.29, 0.717) is 53.3 Å². The molecule has 11 heteroatoms. The lowest BCUT2D eigenvalue weighted by Crippen LogP contribution is -2.14. The number of hydrogen-bond acceptors (Lipinski definition) is 9. The predicted molar refractivity (Wildman–Crippen MR) is 160 cm³/mol. The summed E-state index contributed by atoms with van der Waals surface area (Å²) in [5.41, 5.74) is 7.77. The summed E-state index contributed by atoms with van der Waals surface area (Å²) < 4.78 is 12.5. The number of aromatic nitrogens is 2. The highest BCUT2D eigenvalue weighted by Gasteiger charge is 2.19. The van der Waals surface area contributed by atoms with Gasteiger partial charge in [-0.2, -0.15) is 0 Å². The number of nitrogens with one attached hydrogen (secondary N) is 2. The summed E-state index contributed by atoms with van der Waals surface area (Å²) in [6.07, 6.45) is 4.62. The molecule has 0 saturated carbocycles. The highest BCUT2D eigenvalue weighted by molar-refractivity contribution is 8.00. The van der Waals surface area contributed by atoms with E-state index in [2.05, 4.69) is 41.4 Å². The van der Waals surface area contributed by atoms with Crippen LogP contribution < -0.4 is 21.1 Å². The number of benzene rings is 2. The summed E-state index contributed by atoms with van der Waals surface area (Å²) in [6, 6.07) is 14.5. The maximum Gasteiger partial charge on any atom is 0.230 e. The summed E-state index contributed by atoms with van der Waals surface area (Å²) in [5, 5.41) is 6.21. The average molecular weight is 580 g/mol. The molecule has 2 heterocycles. The molecule has 9 nitrogen and oxygen atoms in total. The number of hydrogen-bond donors (Lipinski definition) is 3. The van der Waals surface area contributed by atoms with Gasteiger partial charge < -0.3 is 25.5 Å². The maximum absolute atomic E-state index is 12.5. The molecule has 4 aromatic rings. The lowest BCUT2D eigenvalue weighted by Gasteiger charge is -2.12. The molecule has 4 N–H and O–H groups in total. The normalized spacial score (nSPS) is 11.3. The van der Waals surface area contributed by atoms with E-state index in [0.717, 1.165) is 15.5 Å². The Morgan fingerprint density at radius 2 is 1.80 bits per heavy atom. The van der Waals surface area contributed by atoms with Gasteiger partial charge in [0.2, 0.25) is 17.7 Å². The van der Waals surface area contributed by atoms with E-state index < -0.39 is 0 Å². The number of carbonyl (C=O) groups is 2. The van der Waals surface area contributed by atoms with Crippen molar-refractivity contribution in [3.63, 3.8) is 0 Å². The zero-order valence-electron chi connectivity index (χ0n) is 22.7. The van der Waals surface area contributed by atoms with Crippen molar-refractivity contribution in [3.8, 4) is 5.75 Å². The van der Waals surface area contributed by atoms with Crippen molar-refractivity contribution in [2.75, 3.05) is 23.0 Å². The summed E-state index contributed by atoms with van der Waals surface area (Å²) in [4.78, 5) is 33.3. The highest BCUT2D eigenvalue weighted by Crippen LogP contribution is 2.32. The predicted octanol–water partition coefficient (Wildman–Crippen LogP) is 6.28. The maximum atomic E-state index is 12.5. The number of carbonyl (C=O) groups excluding carboxylic acids is 2. The molecular weight excluding hydrogens is 546 g/mol. The fraction of sp³-hybridized carbons (Fsp3) is 0.310. The Labute approximate surface area is 241 Å². The minimum atomic E-state index is -0.146. The van der Waals surface area contributed by atoms with Crippen molar-refractivity contribution in [2.24, 2.45) is 0 Å². The van der Waals surface area contributed by atoms with Crippen LogP contribution in [0.15, 0.2) is 69.6 Å². The first-order chi connectivity index (χ1) is 19.2. The van der Waals surface area contributed by atoms with Gasteiger partial charge in [-0.25, -0.2) is 9.97 Å². The Kier molecular flexibility index (Phi) is 9.84. The number of para-hydroxylation sites is 2. The fourth-order valence-corrected chi connectivity index (χ4v) is 5.28. The van der Waals surface area contributed by atoms with Crippen molar-refractivity contribution in [1.82, 2.24) is 9.97 Å². The summed E-state index contributed by atoms with van der Waals surface area (Å²) >= 11 is 2.98. The molecule has 40 heavy (non-hydrogen) atoms. The van der Waals surface area contributed by atoms with Crippen LogP contribution in [0.25, 0.3) is 0 Å². The molecule has 0 atom stereocenters. The van der Waals surface area contributed by atoms with E-state index in [9.17, 15) is 9.59 Å². The van der Waals surface area contributed by atoms with E-state index >= 15 is 0 Å². The highest BCUT2D eigenvalue weighted by atomic mass is 32.2. The number of anilines is 3. The number of rotatable bonds is 12. The Morgan fingerprint density at radius 1 is 1.02 bits per heavy atom. The van der Waals surface area contributed by atoms with Gasteiger partial charge in [-0.1, -0.05) is 56.4 Å². The second kappa shape index (κ2) is 13.5. The van der Waals surface area contributed by atoms with Crippen LogP contribution in [0.4, 0.5) is 16.5 Å². The van der Waals surface area contributed by atoms with Crippen LogP contribution in [0, 0.1) is 0 Å². The van der Waals surface area contributed by atoms with Crippen LogP contribution in [0.3, 0.4) is 0 Å². The van der Waals surface area contributed by atoms with Crippen LogP contribution in [-0.4, -0.2) is 28.4 Å². The molecule has 0 fully saturated rings. The van der Waals surface area contributed by atoms with Gasteiger partial charge in [0.1, 0.15) is 11.5 Å². The molecule has 0 spiro atoms. The van der Waals surface area contributed by atoms with E-state index in [1.54, 1.807) is 36.3 Å². The molecule has 0 aliphatic rings. The first-order valence-corrected chi connectivity index (χ1v) is 14.7. The van der Waals surface area contributed by atoms with Crippen molar-refractivity contribution < 1.29 is 18.7 Å². The number of amides is 2. The molecule has 2 aromatic heterocycles. The molecular formula is C29H33N5O4S2. The van der Waals surface area contributed by atoms with Crippen LogP contribution in [0.2, 0.25) is 0 Å². The van der Waals surface area contributed by atoms with Crippen molar-refractivity contribution in [1.29, 1.82) is 0 Å². The largest absolute Gasteiger partial charge is 0.494 e. The number of nitrogens with two attached hydrogens (primary N) is 1. The Hall–Kier alpha value is -3.83. The van der Waals surface area contributed by atoms with Crippen molar-refractivity contribution in [2.45, 2.75) is 55.4 Å². The van der Waals surface area contributed by atoms with Crippen LogP contribution in [0.1, 0.15) is 50.8 Å². The second-order valence-corrected chi connectivity index (χ2v) is 12.4. The molecule has 2 aromatic carbocycles. The third kappa shape index (κ3) is 8.85. The van der Waals surface area contributed by atoms with Gasteiger partial charge in [-0.05, 0) is 36.2 Å². The van der Waals surface area contributed by atoms with Gasteiger partial charge in [0, 0.05) is 11.8 Å². The summed E-state index contributed by atoms with van der Waals surface area (Å²) in [7, 11) is 0. The molecule has 0 aliphatic heterocycles. The number of nitrogens with zero attached hydrogens (tertiary/aromatic N) is 2. The quantitative estimate of drug-likeness (QED) is 0.101. The van der Waals surface area contributed by atoms with Crippen LogP contribution >= 0.6 is 23.1 Å². The van der Waals surface area contributed by atoms with E-state index in [4.69, 9.17) is 14.9 Å². The van der Waals surface area contributed by atoms with Gasteiger partial charge >= 0.3 is 0 Å². The molecule has 4 rings (SSSR count). The van der Waals surface area contributed by atoms with Crippen LogP contribution in [0.5, 0.6) is 5.75 Å². The molecule has 0 bridgehead atoms. The zero-order valence-corrected chi connectivity index (χ0v) is 24.4. The Bertz CT molecular complexity index is 1430. The van der Waals surface area contributed by atoms with Gasteiger partial charge in [-0.15, -0.1) is 11.8 Å². The fourth-order valence-electron chi connectivity index (χ4n) is 3.54. The van der Waals surface area contributed by atoms with Crippen LogP contribution in [-0.2, 0) is 27.2 Å². The third-order valence-corrected chi connectivity index (χ3v) is 7.79.